The van der Waals surface area contributed by atoms with E-state index in [9.17, 15) is 0 Å². The Morgan fingerprint density at radius 3 is 2.82 bits per heavy atom. The third kappa shape index (κ3) is 3.28. The molecule has 1 unspecified atom stereocenters. The lowest BCUT2D eigenvalue weighted by molar-refractivity contribution is 0.796. The van der Waals surface area contributed by atoms with Gasteiger partial charge in [0, 0.05) is 15.4 Å². The number of aryl methyl sites for hydroxylation is 1. The Bertz CT molecular complexity index is 525. The fraction of sp³-hybridized carbons (Fsp3) is 0.273. The quantitative estimate of drug-likeness (QED) is 0.930. The third-order valence-electron chi connectivity index (χ3n) is 2.17. The largest absolute Gasteiger partial charge is 0.324 e. The summed E-state index contributed by atoms with van der Waals surface area (Å²) in [6, 6.07) is 6.14. The molecule has 0 aliphatic heterocycles. The van der Waals surface area contributed by atoms with Gasteiger partial charge in [0.1, 0.15) is 5.82 Å². The van der Waals surface area contributed by atoms with E-state index in [1.165, 1.54) is 11.5 Å². The Morgan fingerprint density at radius 1 is 1.47 bits per heavy atom. The van der Waals surface area contributed by atoms with E-state index in [2.05, 4.69) is 37.4 Å². The second kappa shape index (κ2) is 5.48. The van der Waals surface area contributed by atoms with E-state index in [-0.39, 0.29) is 6.04 Å². The molecular weight excluding hydrogens is 318 g/mol. The number of rotatable bonds is 3. The third-order valence-corrected chi connectivity index (χ3v) is 4.60. The van der Waals surface area contributed by atoms with Crippen LogP contribution in [-0.2, 0) is 0 Å². The summed E-state index contributed by atoms with van der Waals surface area (Å²) in [5.74, 6) is 0.817. The van der Waals surface area contributed by atoms with E-state index in [1.54, 1.807) is 11.8 Å². The number of hydrogen-bond acceptors (Lipinski definition) is 5. The van der Waals surface area contributed by atoms with Gasteiger partial charge in [-0.15, -0.1) is 0 Å². The monoisotopic (exact) mass is 329 g/mol. The van der Waals surface area contributed by atoms with E-state index in [0.29, 0.717) is 0 Å². The van der Waals surface area contributed by atoms with Gasteiger partial charge >= 0.3 is 0 Å². The number of benzene rings is 1. The highest BCUT2D eigenvalue weighted by Crippen LogP contribution is 2.35. The predicted molar refractivity (Wildman–Crippen MR) is 75.5 cm³/mol. The molecule has 1 atom stereocenters. The molecule has 6 heteroatoms. The van der Waals surface area contributed by atoms with Crippen molar-refractivity contribution in [3.05, 3.63) is 34.1 Å². The molecule has 3 nitrogen and oxygen atoms in total. The molecule has 2 rings (SSSR count). The van der Waals surface area contributed by atoms with Gasteiger partial charge in [-0.2, -0.15) is 4.37 Å². The topological polar surface area (TPSA) is 51.8 Å². The number of hydrogen-bond donors (Lipinski definition) is 1. The first-order chi connectivity index (χ1) is 8.06. The summed E-state index contributed by atoms with van der Waals surface area (Å²) in [5, 5.41) is 0. The van der Waals surface area contributed by atoms with E-state index in [1.807, 2.05) is 19.9 Å². The molecule has 0 amide bonds. The van der Waals surface area contributed by atoms with Gasteiger partial charge in [0.15, 0.2) is 4.34 Å². The molecule has 0 spiro atoms. The van der Waals surface area contributed by atoms with Gasteiger partial charge in [-0.3, -0.25) is 0 Å². The molecule has 1 aromatic heterocycles. The SMILES string of the molecule is Cc1nsc(Sc2ccc(Br)cc2C(C)N)n1. The van der Waals surface area contributed by atoms with Crippen LogP contribution >= 0.6 is 39.2 Å². The molecule has 0 saturated heterocycles. The van der Waals surface area contributed by atoms with E-state index >= 15 is 0 Å². The Balaban J connectivity index is 2.32. The first kappa shape index (κ1) is 13.0. The van der Waals surface area contributed by atoms with Crippen LogP contribution in [0.4, 0.5) is 0 Å². The molecule has 0 radical (unpaired) electrons. The molecule has 2 N–H and O–H groups in total. The minimum Gasteiger partial charge on any atom is -0.324 e. The van der Waals surface area contributed by atoms with Crippen LogP contribution < -0.4 is 5.73 Å². The lowest BCUT2D eigenvalue weighted by Gasteiger charge is -2.11. The van der Waals surface area contributed by atoms with Crippen LogP contribution in [0.3, 0.4) is 0 Å². The van der Waals surface area contributed by atoms with Crippen LogP contribution in [0.1, 0.15) is 24.4 Å². The maximum Gasteiger partial charge on any atom is 0.174 e. The summed E-state index contributed by atoms with van der Waals surface area (Å²) in [4.78, 5) is 5.48. The average Bonchev–Trinajstić information content (AvgIpc) is 2.66. The van der Waals surface area contributed by atoms with Crippen LogP contribution in [0, 0.1) is 6.92 Å². The van der Waals surface area contributed by atoms with Crippen LogP contribution in [0.5, 0.6) is 0 Å². The first-order valence-corrected chi connectivity index (χ1v) is 7.48. The van der Waals surface area contributed by atoms with Crippen molar-refractivity contribution in [1.29, 1.82) is 0 Å². The van der Waals surface area contributed by atoms with Crippen molar-refractivity contribution in [2.45, 2.75) is 29.1 Å². The van der Waals surface area contributed by atoms with Crippen molar-refractivity contribution in [1.82, 2.24) is 9.36 Å². The van der Waals surface area contributed by atoms with Crippen molar-refractivity contribution < 1.29 is 0 Å². The zero-order valence-electron chi connectivity index (χ0n) is 9.48. The van der Waals surface area contributed by atoms with Crippen molar-refractivity contribution in [2.24, 2.45) is 5.73 Å². The van der Waals surface area contributed by atoms with Gasteiger partial charge in [-0.1, -0.05) is 27.7 Å². The number of aromatic nitrogens is 2. The van der Waals surface area contributed by atoms with E-state index in [4.69, 9.17) is 5.73 Å². The number of nitrogens with two attached hydrogens (primary N) is 1. The molecule has 0 bridgehead atoms. The number of nitrogens with zero attached hydrogens (tertiary/aromatic N) is 2. The zero-order chi connectivity index (χ0) is 12.4. The average molecular weight is 330 g/mol. The van der Waals surface area contributed by atoms with Crippen LogP contribution in [0.25, 0.3) is 0 Å². The smallest absolute Gasteiger partial charge is 0.174 e. The summed E-state index contributed by atoms with van der Waals surface area (Å²) in [6.45, 7) is 3.88. The fourth-order valence-electron chi connectivity index (χ4n) is 1.38. The molecule has 0 aliphatic carbocycles. The Morgan fingerprint density at radius 2 is 2.24 bits per heavy atom. The van der Waals surface area contributed by atoms with Crippen LogP contribution in [0.15, 0.2) is 31.9 Å². The minimum atomic E-state index is 0.00372. The molecule has 0 aliphatic rings. The van der Waals surface area contributed by atoms with Gasteiger partial charge in [-0.25, -0.2) is 4.98 Å². The van der Waals surface area contributed by atoms with Crippen molar-refractivity contribution in [2.75, 3.05) is 0 Å². The van der Waals surface area contributed by atoms with E-state index < -0.39 is 0 Å². The Labute approximate surface area is 117 Å². The molecular formula is C11H12BrN3S2. The summed E-state index contributed by atoms with van der Waals surface area (Å²) >= 11 is 6.50. The van der Waals surface area contributed by atoms with Gasteiger partial charge < -0.3 is 5.73 Å². The highest BCUT2D eigenvalue weighted by Gasteiger charge is 2.11. The van der Waals surface area contributed by atoms with Crippen molar-refractivity contribution >= 4 is 39.2 Å². The predicted octanol–water partition coefficient (Wildman–Crippen LogP) is 3.78. The summed E-state index contributed by atoms with van der Waals surface area (Å²) in [6.07, 6.45) is 0. The fourth-order valence-corrected chi connectivity index (χ4v) is 3.58. The zero-order valence-corrected chi connectivity index (χ0v) is 12.7. The lowest BCUT2D eigenvalue weighted by Crippen LogP contribution is -2.06. The van der Waals surface area contributed by atoms with Crippen molar-refractivity contribution in [3.63, 3.8) is 0 Å². The van der Waals surface area contributed by atoms with Gasteiger partial charge in [-0.05, 0) is 49.1 Å². The van der Waals surface area contributed by atoms with Gasteiger partial charge in [0.05, 0.1) is 0 Å². The minimum absolute atomic E-state index is 0.00372. The maximum absolute atomic E-state index is 5.98. The maximum atomic E-state index is 5.98. The molecule has 17 heavy (non-hydrogen) atoms. The van der Waals surface area contributed by atoms with E-state index in [0.717, 1.165) is 25.1 Å². The molecule has 2 aromatic rings. The summed E-state index contributed by atoms with van der Waals surface area (Å²) in [7, 11) is 0. The first-order valence-electron chi connectivity index (χ1n) is 5.09. The molecule has 1 aromatic carbocycles. The highest BCUT2D eigenvalue weighted by atomic mass is 79.9. The molecule has 0 fully saturated rings. The lowest BCUT2D eigenvalue weighted by atomic mass is 10.1. The molecule has 1 heterocycles. The second-order valence-electron chi connectivity index (χ2n) is 3.68. The van der Waals surface area contributed by atoms with Crippen LogP contribution in [-0.4, -0.2) is 9.36 Å². The summed E-state index contributed by atoms with van der Waals surface area (Å²) < 4.78 is 6.17. The normalized spacial score (nSPS) is 12.7. The molecule has 90 valence electrons. The van der Waals surface area contributed by atoms with Crippen molar-refractivity contribution in [3.8, 4) is 0 Å². The number of halogens is 1. The Kier molecular flexibility index (Phi) is 4.19. The van der Waals surface area contributed by atoms with Gasteiger partial charge in [0.25, 0.3) is 0 Å². The van der Waals surface area contributed by atoms with Crippen LogP contribution in [0.2, 0.25) is 0 Å². The molecule has 0 saturated carbocycles. The highest BCUT2D eigenvalue weighted by molar-refractivity contribution is 9.10. The second-order valence-corrected chi connectivity index (χ2v) is 6.64. The Hall–Kier alpha value is -0.430. The van der Waals surface area contributed by atoms with Gasteiger partial charge in [0.2, 0.25) is 0 Å². The standard InChI is InChI=1S/C11H12BrN3S2/c1-6(13)9-5-8(12)3-4-10(9)16-11-14-7(2)15-17-11/h3-6H,13H2,1-2H3. The summed E-state index contributed by atoms with van der Waals surface area (Å²) in [5.41, 5.74) is 7.10.